The van der Waals surface area contributed by atoms with Crippen LogP contribution in [0.2, 0.25) is 0 Å². The molecule has 0 aliphatic rings. The largest absolute Gasteiger partial charge is 0.344 e. The maximum atomic E-state index is 13.0. The Bertz CT molecular complexity index is 768. The standard InChI is InChI=1S/C14H11FN4O/c15-11-5-3-4-10(8-11)9-16-14(20)19-13-7-2-1-6-12(13)17-18-19/h1-8H,9H2,(H,16,20). The fourth-order valence-electron chi connectivity index (χ4n) is 1.92. The first kappa shape index (κ1) is 12.3. The van der Waals surface area contributed by atoms with E-state index < -0.39 is 6.03 Å². The van der Waals surface area contributed by atoms with E-state index in [4.69, 9.17) is 0 Å². The van der Waals surface area contributed by atoms with Crippen LogP contribution in [-0.2, 0) is 6.54 Å². The van der Waals surface area contributed by atoms with Crippen LogP contribution in [0.5, 0.6) is 0 Å². The minimum Gasteiger partial charge on any atom is -0.332 e. The Hall–Kier alpha value is -2.76. The van der Waals surface area contributed by atoms with Crippen LogP contribution in [0.3, 0.4) is 0 Å². The fraction of sp³-hybridized carbons (Fsp3) is 0.0714. The Morgan fingerprint density at radius 3 is 2.90 bits per heavy atom. The molecule has 3 rings (SSSR count). The molecule has 0 aliphatic carbocycles. The third-order valence-electron chi connectivity index (χ3n) is 2.88. The van der Waals surface area contributed by atoms with Gasteiger partial charge in [0.2, 0.25) is 0 Å². The number of halogens is 1. The summed E-state index contributed by atoms with van der Waals surface area (Å²) in [5, 5.41) is 10.4. The second-order valence-electron chi connectivity index (χ2n) is 4.28. The Morgan fingerprint density at radius 1 is 1.20 bits per heavy atom. The quantitative estimate of drug-likeness (QED) is 0.777. The molecular formula is C14H11FN4O. The molecule has 0 bridgehead atoms. The van der Waals surface area contributed by atoms with Gasteiger partial charge in [0, 0.05) is 6.54 Å². The number of rotatable bonds is 2. The highest BCUT2D eigenvalue weighted by Crippen LogP contribution is 2.09. The van der Waals surface area contributed by atoms with E-state index in [0.29, 0.717) is 16.6 Å². The molecule has 3 aromatic rings. The average Bonchev–Trinajstić information content (AvgIpc) is 2.89. The van der Waals surface area contributed by atoms with Crippen LogP contribution in [0.4, 0.5) is 9.18 Å². The number of amides is 1. The van der Waals surface area contributed by atoms with E-state index in [2.05, 4.69) is 15.6 Å². The highest BCUT2D eigenvalue weighted by Gasteiger charge is 2.10. The number of nitrogens with one attached hydrogen (secondary N) is 1. The summed E-state index contributed by atoms with van der Waals surface area (Å²) >= 11 is 0. The van der Waals surface area contributed by atoms with Crippen molar-refractivity contribution < 1.29 is 9.18 Å². The molecule has 0 unspecified atom stereocenters. The summed E-state index contributed by atoms with van der Waals surface area (Å²) in [6.45, 7) is 0.227. The van der Waals surface area contributed by atoms with Gasteiger partial charge in [-0.15, -0.1) is 5.10 Å². The van der Waals surface area contributed by atoms with Gasteiger partial charge in [-0.1, -0.05) is 29.5 Å². The molecule has 0 aliphatic heterocycles. The molecule has 1 aromatic heterocycles. The summed E-state index contributed by atoms with van der Waals surface area (Å²) in [5.74, 6) is -0.331. The van der Waals surface area contributed by atoms with Crippen molar-refractivity contribution in [2.45, 2.75) is 6.54 Å². The van der Waals surface area contributed by atoms with Gasteiger partial charge < -0.3 is 5.32 Å². The maximum Gasteiger partial charge on any atom is 0.344 e. The second kappa shape index (κ2) is 5.08. The number of benzene rings is 2. The molecule has 1 heterocycles. The summed E-state index contributed by atoms with van der Waals surface area (Å²) in [6.07, 6.45) is 0. The number of nitrogens with zero attached hydrogens (tertiary/aromatic N) is 3. The fourth-order valence-corrected chi connectivity index (χ4v) is 1.92. The summed E-state index contributed by atoms with van der Waals surface area (Å²) in [7, 11) is 0. The molecular weight excluding hydrogens is 259 g/mol. The van der Waals surface area contributed by atoms with Crippen molar-refractivity contribution in [2.24, 2.45) is 0 Å². The van der Waals surface area contributed by atoms with Gasteiger partial charge in [-0.05, 0) is 29.8 Å². The Labute approximate surface area is 114 Å². The highest BCUT2D eigenvalue weighted by molar-refractivity contribution is 5.87. The number of para-hydroxylation sites is 1. The molecule has 20 heavy (non-hydrogen) atoms. The van der Waals surface area contributed by atoms with Crippen molar-refractivity contribution in [3.05, 3.63) is 59.9 Å². The highest BCUT2D eigenvalue weighted by atomic mass is 19.1. The SMILES string of the molecule is O=C(NCc1cccc(F)c1)n1nnc2ccccc21. The first-order valence-corrected chi connectivity index (χ1v) is 6.07. The normalized spacial score (nSPS) is 10.7. The smallest absolute Gasteiger partial charge is 0.332 e. The van der Waals surface area contributed by atoms with Gasteiger partial charge in [0.15, 0.2) is 0 Å². The number of fused-ring (bicyclic) bond motifs is 1. The number of carbonyl (C=O) groups excluding carboxylic acids is 1. The van der Waals surface area contributed by atoms with E-state index in [1.165, 1.54) is 16.8 Å². The third-order valence-corrected chi connectivity index (χ3v) is 2.88. The topological polar surface area (TPSA) is 59.8 Å². The van der Waals surface area contributed by atoms with Gasteiger partial charge in [0.05, 0.1) is 5.52 Å². The van der Waals surface area contributed by atoms with Crippen molar-refractivity contribution in [1.82, 2.24) is 20.3 Å². The summed E-state index contributed by atoms with van der Waals surface area (Å²) < 4.78 is 14.2. The number of aromatic nitrogens is 3. The summed E-state index contributed by atoms with van der Waals surface area (Å²) in [4.78, 5) is 12.0. The van der Waals surface area contributed by atoms with Crippen LogP contribution in [0.1, 0.15) is 5.56 Å². The number of hydrogen-bond acceptors (Lipinski definition) is 3. The van der Waals surface area contributed by atoms with Gasteiger partial charge in [0.25, 0.3) is 0 Å². The Morgan fingerprint density at radius 2 is 2.05 bits per heavy atom. The molecule has 2 aromatic carbocycles. The van der Waals surface area contributed by atoms with Crippen LogP contribution in [0.25, 0.3) is 11.0 Å². The van der Waals surface area contributed by atoms with Crippen LogP contribution in [0.15, 0.2) is 48.5 Å². The van der Waals surface area contributed by atoms with E-state index >= 15 is 0 Å². The summed E-state index contributed by atoms with van der Waals surface area (Å²) in [6, 6.07) is 12.8. The van der Waals surface area contributed by atoms with Crippen LogP contribution in [-0.4, -0.2) is 21.0 Å². The minimum absolute atomic E-state index is 0.227. The van der Waals surface area contributed by atoms with E-state index in [9.17, 15) is 9.18 Å². The molecule has 0 atom stereocenters. The number of carbonyl (C=O) groups is 1. The van der Waals surface area contributed by atoms with E-state index in [-0.39, 0.29) is 12.4 Å². The molecule has 5 nitrogen and oxygen atoms in total. The lowest BCUT2D eigenvalue weighted by Gasteiger charge is -2.05. The van der Waals surface area contributed by atoms with Crippen molar-refractivity contribution >= 4 is 17.1 Å². The molecule has 1 N–H and O–H groups in total. The van der Waals surface area contributed by atoms with Gasteiger partial charge >= 0.3 is 6.03 Å². The lowest BCUT2D eigenvalue weighted by molar-refractivity contribution is 0.239. The zero-order valence-corrected chi connectivity index (χ0v) is 10.5. The summed E-state index contributed by atoms with van der Waals surface area (Å²) in [5.41, 5.74) is 1.96. The molecule has 0 saturated heterocycles. The lowest BCUT2D eigenvalue weighted by Crippen LogP contribution is -2.28. The molecule has 0 spiro atoms. The zero-order chi connectivity index (χ0) is 13.9. The van der Waals surface area contributed by atoms with Crippen molar-refractivity contribution in [2.75, 3.05) is 0 Å². The first-order chi connectivity index (χ1) is 9.74. The first-order valence-electron chi connectivity index (χ1n) is 6.07. The van der Waals surface area contributed by atoms with Crippen LogP contribution < -0.4 is 5.32 Å². The van der Waals surface area contributed by atoms with Crippen LogP contribution >= 0.6 is 0 Å². The molecule has 0 saturated carbocycles. The van der Waals surface area contributed by atoms with E-state index in [1.54, 1.807) is 24.3 Å². The molecule has 0 radical (unpaired) electrons. The van der Waals surface area contributed by atoms with Gasteiger partial charge in [-0.3, -0.25) is 0 Å². The van der Waals surface area contributed by atoms with E-state index in [1.807, 2.05) is 12.1 Å². The second-order valence-corrected chi connectivity index (χ2v) is 4.28. The molecule has 6 heteroatoms. The molecule has 1 amide bonds. The predicted octanol–water partition coefficient (Wildman–Crippen LogP) is 2.33. The molecule has 0 fully saturated rings. The van der Waals surface area contributed by atoms with Gasteiger partial charge in [0.1, 0.15) is 11.3 Å². The Kier molecular flexibility index (Phi) is 3.12. The Balaban J connectivity index is 1.76. The predicted molar refractivity (Wildman–Crippen MR) is 71.6 cm³/mol. The van der Waals surface area contributed by atoms with Crippen molar-refractivity contribution in [3.8, 4) is 0 Å². The van der Waals surface area contributed by atoms with Gasteiger partial charge in [-0.25, -0.2) is 9.18 Å². The van der Waals surface area contributed by atoms with Crippen molar-refractivity contribution in [1.29, 1.82) is 0 Å². The zero-order valence-electron chi connectivity index (χ0n) is 10.5. The molecule has 100 valence electrons. The number of hydrogen-bond donors (Lipinski definition) is 1. The minimum atomic E-state index is -0.400. The van der Waals surface area contributed by atoms with Gasteiger partial charge in [-0.2, -0.15) is 4.68 Å². The van der Waals surface area contributed by atoms with Crippen molar-refractivity contribution in [3.63, 3.8) is 0 Å². The lowest BCUT2D eigenvalue weighted by atomic mass is 10.2. The average molecular weight is 270 g/mol. The van der Waals surface area contributed by atoms with E-state index in [0.717, 1.165) is 0 Å². The van der Waals surface area contributed by atoms with Crippen LogP contribution in [0, 0.1) is 5.82 Å². The monoisotopic (exact) mass is 270 g/mol. The maximum absolute atomic E-state index is 13.0. The third kappa shape index (κ3) is 2.35.